The topological polar surface area (TPSA) is 34.2 Å². The third kappa shape index (κ3) is 12.3. The molecule has 18 heavy (non-hydrogen) atoms. The van der Waals surface area contributed by atoms with Crippen LogP contribution >= 0.6 is 0 Å². The largest absolute Gasteiger partial charge is 0.382 e. The van der Waals surface area contributed by atoms with Crippen LogP contribution < -0.4 is 0 Å². The van der Waals surface area contributed by atoms with Gasteiger partial charge in [0, 0.05) is 26.7 Å². The highest BCUT2D eigenvalue weighted by molar-refractivity contribution is 4.55. The van der Waals surface area contributed by atoms with Gasteiger partial charge in [0.05, 0.1) is 33.0 Å². The molecule has 5 nitrogen and oxygen atoms in total. The Morgan fingerprint density at radius 1 is 0.722 bits per heavy atom. The first-order valence-electron chi connectivity index (χ1n) is 6.72. The first-order chi connectivity index (χ1) is 8.70. The van der Waals surface area contributed by atoms with E-state index in [9.17, 15) is 0 Å². The molecule has 0 bridgehead atoms. The second-order valence-corrected chi connectivity index (χ2v) is 4.42. The van der Waals surface area contributed by atoms with Gasteiger partial charge in [-0.1, -0.05) is 6.92 Å². The van der Waals surface area contributed by atoms with E-state index in [0.717, 1.165) is 32.8 Å². The van der Waals surface area contributed by atoms with Gasteiger partial charge in [-0.25, -0.2) is 0 Å². The number of hydrogen-bond donors (Lipinski definition) is 0. The first-order valence-corrected chi connectivity index (χ1v) is 6.72. The fraction of sp³-hybridized carbons (Fsp3) is 1.00. The van der Waals surface area contributed by atoms with Crippen molar-refractivity contribution in [2.75, 3.05) is 80.4 Å². The molecular formula is C13H30N2O3. The van der Waals surface area contributed by atoms with E-state index in [1.54, 1.807) is 7.11 Å². The van der Waals surface area contributed by atoms with Gasteiger partial charge in [0.2, 0.25) is 0 Å². The molecule has 0 heterocycles. The lowest BCUT2D eigenvalue weighted by atomic mass is 10.4. The monoisotopic (exact) mass is 262 g/mol. The number of nitrogens with zero attached hydrogens (tertiary/aromatic N) is 2. The van der Waals surface area contributed by atoms with Crippen LogP contribution in [0.25, 0.3) is 0 Å². The molecule has 0 aliphatic rings. The number of likely N-dealkylation sites (N-methyl/N-ethyl adjacent to an activating group) is 2. The molecule has 0 saturated carbocycles. The van der Waals surface area contributed by atoms with Crippen molar-refractivity contribution in [2.24, 2.45) is 0 Å². The quantitative estimate of drug-likeness (QED) is 0.453. The van der Waals surface area contributed by atoms with Gasteiger partial charge in [-0.2, -0.15) is 0 Å². The van der Waals surface area contributed by atoms with Gasteiger partial charge in [0.1, 0.15) is 0 Å². The molecule has 0 saturated heterocycles. The van der Waals surface area contributed by atoms with E-state index < -0.39 is 0 Å². The van der Waals surface area contributed by atoms with Crippen LogP contribution in [0.3, 0.4) is 0 Å². The summed E-state index contributed by atoms with van der Waals surface area (Å²) in [5.41, 5.74) is 0. The van der Waals surface area contributed by atoms with Crippen LogP contribution in [0.4, 0.5) is 0 Å². The Morgan fingerprint density at radius 3 is 1.89 bits per heavy atom. The smallest absolute Gasteiger partial charge is 0.0701 e. The maximum Gasteiger partial charge on any atom is 0.0701 e. The minimum absolute atomic E-state index is 0.642. The normalized spacial score (nSPS) is 11.7. The zero-order valence-corrected chi connectivity index (χ0v) is 12.5. The van der Waals surface area contributed by atoms with Crippen molar-refractivity contribution < 1.29 is 14.2 Å². The van der Waals surface area contributed by atoms with Crippen LogP contribution in [0.1, 0.15) is 6.92 Å². The van der Waals surface area contributed by atoms with Crippen molar-refractivity contribution in [1.29, 1.82) is 0 Å². The van der Waals surface area contributed by atoms with E-state index in [1.165, 1.54) is 0 Å². The molecule has 0 amide bonds. The molecule has 0 aromatic heterocycles. The summed E-state index contributed by atoms with van der Waals surface area (Å²) in [6.07, 6.45) is 0. The number of hydrogen-bond acceptors (Lipinski definition) is 5. The van der Waals surface area contributed by atoms with Crippen molar-refractivity contribution in [3.8, 4) is 0 Å². The molecule has 0 radical (unpaired) electrons. The first kappa shape index (κ1) is 17.8. The molecule has 0 spiro atoms. The number of rotatable bonds is 13. The van der Waals surface area contributed by atoms with Gasteiger partial charge in [-0.15, -0.1) is 0 Å². The summed E-state index contributed by atoms with van der Waals surface area (Å²) < 4.78 is 15.7. The summed E-state index contributed by atoms with van der Waals surface area (Å²) in [6, 6.07) is 0. The van der Waals surface area contributed by atoms with E-state index in [4.69, 9.17) is 14.2 Å². The van der Waals surface area contributed by atoms with Crippen LogP contribution in [0.2, 0.25) is 0 Å². The summed E-state index contributed by atoms with van der Waals surface area (Å²) in [4.78, 5) is 4.60. The summed E-state index contributed by atoms with van der Waals surface area (Å²) in [5.74, 6) is 0. The van der Waals surface area contributed by atoms with E-state index in [-0.39, 0.29) is 0 Å². The number of methoxy groups -OCH3 is 1. The van der Waals surface area contributed by atoms with Gasteiger partial charge in [-0.05, 0) is 20.6 Å². The van der Waals surface area contributed by atoms with Gasteiger partial charge in [0.15, 0.2) is 0 Å². The van der Waals surface area contributed by atoms with Crippen molar-refractivity contribution in [3.05, 3.63) is 0 Å². The molecule has 0 aromatic rings. The maximum atomic E-state index is 5.50. The molecule has 0 fully saturated rings. The highest BCUT2D eigenvalue weighted by atomic mass is 16.5. The molecule has 0 unspecified atom stereocenters. The van der Waals surface area contributed by atoms with Gasteiger partial charge in [0.25, 0.3) is 0 Å². The zero-order chi connectivity index (χ0) is 13.6. The zero-order valence-electron chi connectivity index (χ0n) is 12.5. The maximum absolute atomic E-state index is 5.50. The molecule has 5 heteroatoms. The van der Waals surface area contributed by atoms with Crippen molar-refractivity contribution in [2.45, 2.75) is 6.92 Å². The fourth-order valence-corrected chi connectivity index (χ4v) is 1.30. The lowest BCUT2D eigenvalue weighted by Crippen LogP contribution is -2.32. The minimum Gasteiger partial charge on any atom is -0.382 e. The van der Waals surface area contributed by atoms with E-state index >= 15 is 0 Å². The molecule has 0 aromatic carbocycles. The Kier molecular flexibility index (Phi) is 13.1. The second-order valence-electron chi connectivity index (χ2n) is 4.42. The average molecular weight is 262 g/mol. The SMILES string of the molecule is CCN(C)CCN(C)CCOCCOCCOC. The van der Waals surface area contributed by atoms with Crippen molar-refractivity contribution >= 4 is 0 Å². The Morgan fingerprint density at radius 2 is 1.28 bits per heavy atom. The standard InChI is InChI=1S/C13H30N2O3/c1-5-14(2)6-7-15(3)8-9-17-12-13-18-11-10-16-4/h5-13H2,1-4H3. The average Bonchev–Trinajstić information content (AvgIpc) is 2.39. The molecule has 0 atom stereocenters. The highest BCUT2D eigenvalue weighted by Crippen LogP contribution is 1.87. The predicted octanol–water partition coefficient (Wildman–Crippen LogP) is 0.550. The molecule has 0 aliphatic carbocycles. The van der Waals surface area contributed by atoms with Gasteiger partial charge >= 0.3 is 0 Å². The van der Waals surface area contributed by atoms with Crippen molar-refractivity contribution in [1.82, 2.24) is 9.80 Å². The van der Waals surface area contributed by atoms with Crippen molar-refractivity contribution in [3.63, 3.8) is 0 Å². The Bertz CT molecular complexity index is 170. The molecule has 0 N–H and O–H groups in total. The molecule has 0 rings (SSSR count). The lowest BCUT2D eigenvalue weighted by Gasteiger charge is -2.20. The fourth-order valence-electron chi connectivity index (χ4n) is 1.30. The van der Waals surface area contributed by atoms with E-state index in [2.05, 4.69) is 30.8 Å². The Balaban J connectivity index is 3.17. The third-order valence-electron chi connectivity index (χ3n) is 2.82. The van der Waals surface area contributed by atoms with Crippen LogP contribution in [-0.2, 0) is 14.2 Å². The van der Waals surface area contributed by atoms with Crippen LogP contribution in [-0.4, -0.2) is 90.2 Å². The summed E-state index contributed by atoms with van der Waals surface area (Å²) >= 11 is 0. The molecular weight excluding hydrogens is 232 g/mol. The number of ether oxygens (including phenoxy) is 3. The molecule has 0 aliphatic heterocycles. The third-order valence-corrected chi connectivity index (χ3v) is 2.82. The highest BCUT2D eigenvalue weighted by Gasteiger charge is 2.00. The Labute approximate surface area is 112 Å². The summed E-state index contributed by atoms with van der Waals surface area (Å²) in [5, 5.41) is 0. The van der Waals surface area contributed by atoms with Gasteiger partial charge < -0.3 is 24.0 Å². The van der Waals surface area contributed by atoms with Gasteiger partial charge in [-0.3, -0.25) is 0 Å². The Hall–Kier alpha value is -0.200. The summed E-state index contributed by atoms with van der Waals surface area (Å²) in [6.45, 7) is 9.78. The summed E-state index contributed by atoms with van der Waals surface area (Å²) in [7, 11) is 5.94. The predicted molar refractivity (Wildman–Crippen MR) is 74.2 cm³/mol. The molecule has 110 valence electrons. The minimum atomic E-state index is 0.642. The van der Waals surface area contributed by atoms with Crippen LogP contribution in [0.15, 0.2) is 0 Å². The van der Waals surface area contributed by atoms with Crippen LogP contribution in [0.5, 0.6) is 0 Å². The van der Waals surface area contributed by atoms with Crippen LogP contribution in [0, 0.1) is 0 Å². The second kappa shape index (κ2) is 13.2. The van der Waals surface area contributed by atoms with E-state index in [1.807, 2.05) is 0 Å². The lowest BCUT2D eigenvalue weighted by molar-refractivity contribution is 0.0206. The van der Waals surface area contributed by atoms with E-state index in [0.29, 0.717) is 26.4 Å².